The Bertz CT molecular complexity index is 162. The Labute approximate surface area is 52.9 Å². The summed E-state index contributed by atoms with van der Waals surface area (Å²) >= 11 is 0. The molecule has 0 aromatic rings. The Morgan fingerprint density at radius 2 is 2.56 bits per heavy atom. The van der Waals surface area contributed by atoms with Crippen LogP contribution in [0.15, 0.2) is 12.2 Å². The van der Waals surface area contributed by atoms with Gasteiger partial charge in [0.25, 0.3) is 0 Å². The molecular formula is C6H8O3. The van der Waals surface area contributed by atoms with Crippen molar-refractivity contribution in [1.82, 2.24) is 0 Å². The fourth-order valence-corrected chi connectivity index (χ4v) is 0.627. The van der Waals surface area contributed by atoms with Gasteiger partial charge in [0.2, 0.25) is 0 Å². The fraction of sp³-hybridized carbons (Fsp3) is 0.500. The van der Waals surface area contributed by atoms with Gasteiger partial charge in [0, 0.05) is 6.08 Å². The highest BCUT2D eigenvalue weighted by Gasteiger charge is 2.28. The van der Waals surface area contributed by atoms with Gasteiger partial charge in [-0.3, -0.25) is 0 Å². The number of carbonyl (C=O) groups is 1. The van der Waals surface area contributed by atoms with Gasteiger partial charge >= 0.3 is 5.97 Å². The second-order valence-corrected chi connectivity index (χ2v) is 2.23. The number of cyclic esters (lactones) is 1. The van der Waals surface area contributed by atoms with E-state index in [4.69, 9.17) is 9.84 Å². The third kappa shape index (κ3) is 1.10. The van der Waals surface area contributed by atoms with E-state index in [9.17, 15) is 4.79 Å². The lowest BCUT2D eigenvalue weighted by atomic mass is 10.1. The van der Waals surface area contributed by atoms with Crippen molar-refractivity contribution < 1.29 is 14.6 Å². The molecule has 0 bridgehead atoms. The first kappa shape index (κ1) is 6.29. The number of esters is 1. The summed E-state index contributed by atoms with van der Waals surface area (Å²) in [5.74, 6) is -0.383. The van der Waals surface area contributed by atoms with Crippen molar-refractivity contribution >= 4 is 5.97 Å². The van der Waals surface area contributed by atoms with Gasteiger partial charge in [0.15, 0.2) is 5.60 Å². The predicted octanol–water partition coefficient (Wildman–Crippen LogP) is -0.150. The Balaban J connectivity index is 2.68. The normalized spacial score (nSPS) is 32.9. The van der Waals surface area contributed by atoms with Crippen LogP contribution in [-0.2, 0) is 9.53 Å². The third-order valence-electron chi connectivity index (χ3n) is 1.22. The molecule has 1 aliphatic rings. The van der Waals surface area contributed by atoms with Crippen LogP contribution in [0.25, 0.3) is 0 Å². The number of aliphatic hydroxyl groups excluding tert-OH is 1. The molecule has 50 valence electrons. The molecular weight excluding hydrogens is 120 g/mol. The van der Waals surface area contributed by atoms with Gasteiger partial charge in [-0.15, -0.1) is 0 Å². The van der Waals surface area contributed by atoms with Crippen molar-refractivity contribution in [2.45, 2.75) is 12.5 Å². The van der Waals surface area contributed by atoms with E-state index in [0.717, 1.165) is 0 Å². The zero-order valence-electron chi connectivity index (χ0n) is 5.13. The van der Waals surface area contributed by atoms with Crippen molar-refractivity contribution in [3.8, 4) is 0 Å². The predicted molar refractivity (Wildman–Crippen MR) is 30.7 cm³/mol. The molecule has 1 aliphatic heterocycles. The summed E-state index contributed by atoms with van der Waals surface area (Å²) in [5.41, 5.74) is -0.767. The molecule has 0 aromatic heterocycles. The molecule has 0 radical (unpaired) electrons. The molecule has 9 heavy (non-hydrogen) atoms. The molecule has 0 amide bonds. The highest BCUT2D eigenvalue weighted by molar-refractivity contribution is 5.85. The van der Waals surface area contributed by atoms with Crippen LogP contribution in [0.2, 0.25) is 0 Å². The lowest BCUT2D eigenvalue weighted by Gasteiger charge is -2.16. The zero-order chi connectivity index (χ0) is 6.91. The van der Waals surface area contributed by atoms with Crippen molar-refractivity contribution in [1.29, 1.82) is 0 Å². The maximum atomic E-state index is 10.4. The standard InChI is InChI=1S/C6H8O3/c1-6(4-7)3-2-5(8)9-6/h2-3,7H,4H2,1H3/t6-/m1/s1. The number of aliphatic hydroxyl groups is 1. The molecule has 0 aromatic carbocycles. The molecule has 0 unspecified atom stereocenters. The summed E-state index contributed by atoms with van der Waals surface area (Å²) in [4.78, 5) is 10.4. The molecule has 0 aliphatic carbocycles. The van der Waals surface area contributed by atoms with E-state index >= 15 is 0 Å². The van der Waals surface area contributed by atoms with E-state index in [1.807, 2.05) is 0 Å². The molecule has 0 saturated heterocycles. The van der Waals surface area contributed by atoms with Gasteiger partial charge in [-0.2, -0.15) is 0 Å². The first-order chi connectivity index (χ1) is 4.16. The summed E-state index contributed by atoms with van der Waals surface area (Å²) in [5, 5.41) is 8.61. The summed E-state index contributed by atoms with van der Waals surface area (Å²) in [6, 6.07) is 0. The Kier molecular flexibility index (Phi) is 1.29. The van der Waals surface area contributed by atoms with Crippen LogP contribution in [0.4, 0.5) is 0 Å². The van der Waals surface area contributed by atoms with Gasteiger partial charge in [-0.25, -0.2) is 4.79 Å². The average molecular weight is 128 g/mol. The van der Waals surface area contributed by atoms with Gasteiger partial charge in [0.05, 0.1) is 6.61 Å². The topological polar surface area (TPSA) is 46.5 Å². The first-order valence-electron chi connectivity index (χ1n) is 2.69. The lowest BCUT2D eigenvalue weighted by molar-refractivity contribution is -0.146. The molecule has 1 N–H and O–H groups in total. The minimum Gasteiger partial charge on any atom is -0.449 e. The summed E-state index contributed by atoms with van der Waals surface area (Å²) < 4.78 is 4.70. The average Bonchev–Trinajstić information content (AvgIpc) is 2.13. The molecule has 0 saturated carbocycles. The van der Waals surface area contributed by atoms with Crippen molar-refractivity contribution in [3.05, 3.63) is 12.2 Å². The third-order valence-corrected chi connectivity index (χ3v) is 1.22. The number of ether oxygens (including phenoxy) is 1. The second kappa shape index (κ2) is 1.84. The summed E-state index contributed by atoms with van der Waals surface area (Å²) in [6.07, 6.45) is 2.87. The van der Waals surface area contributed by atoms with E-state index in [1.54, 1.807) is 13.0 Å². The minimum absolute atomic E-state index is 0.158. The maximum Gasteiger partial charge on any atom is 0.331 e. The van der Waals surface area contributed by atoms with E-state index in [1.165, 1.54) is 6.08 Å². The Morgan fingerprint density at radius 3 is 2.78 bits per heavy atom. The van der Waals surface area contributed by atoms with Crippen LogP contribution in [0.5, 0.6) is 0 Å². The highest BCUT2D eigenvalue weighted by Crippen LogP contribution is 2.17. The molecule has 0 fully saturated rings. The zero-order valence-corrected chi connectivity index (χ0v) is 5.13. The van der Waals surface area contributed by atoms with Gasteiger partial charge in [-0.05, 0) is 13.0 Å². The van der Waals surface area contributed by atoms with E-state index < -0.39 is 5.60 Å². The summed E-state index contributed by atoms with van der Waals surface area (Å²) in [6.45, 7) is 1.49. The lowest BCUT2D eigenvalue weighted by Crippen LogP contribution is -2.28. The fourth-order valence-electron chi connectivity index (χ4n) is 0.627. The first-order valence-corrected chi connectivity index (χ1v) is 2.69. The molecule has 1 atom stereocenters. The minimum atomic E-state index is -0.767. The van der Waals surface area contributed by atoms with Crippen molar-refractivity contribution in [2.24, 2.45) is 0 Å². The molecule has 3 nitrogen and oxygen atoms in total. The Morgan fingerprint density at radius 1 is 1.89 bits per heavy atom. The molecule has 1 heterocycles. The smallest absolute Gasteiger partial charge is 0.331 e. The van der Waals surface area contributed by atoms with Crippen LogP contribution in [-0.4, -0.2) is 23.3 Å². The van der Waals surface area contributed by atoms with Crippen LogP contribution in [0.3, 0.4) is 0 Å². The van der Waals surface area contributed by atoms with Crippen LogP contribution in [0.1, 0.15) is 6.92 Å². The number of rotatable bonds is 1. The molecule has 1 rings (SSSR count). The molecule has 0 spiro atoms. The second-order valence-electron chi connectivity index (χ2n) is 2.23. The van der Waals surface area contributed by atoms with Crippen LogP contribution < -0.4 is 0 Å². The SMILES string of the molecule is C[C@]1(CO)C=CC(=O)O1. The van der Waals surface area contributed by atoms with Crippen molar-refractivity contribution in [3.63, 3.8) is 0 Å². The van der Waals surface area contributed by atoms with Gasteiger partial charge < -0.3 is 9.84 Å². The molecule has 3 heteroatoms. The van der Waals surface area contributed by atoms with E-state index in [0.29, 0.717) is 0 Å². The van der Waals surface area contributed by atoms with Gasteiger partial charge in [0.1, 0.15) is 0 Å². The van der Waals surface area contributed by atoms with Gasteiger partial charge in [-0.1, -0.05) is 0 Å². The number of hydrogen-bond acceptors (Lipinski definition) is 3. The van der Waals surface area contributed by atoms with Crippen LogP contribution in [0, 0.1) is 0 Å². The van der Waals surface area contributed by atoms with E-state index in [2.05, 4.69) is 0 Å². The largest absolute Gasteiger partial charge is 0.449 e. The van der Waals surface area contributed by atoms with Crippen LogP contribution >= 0.6 is 0 Å². The summed E-state index contributed by atoms with van der Waals surface area (Å²) in [7, 11) is 0. The number of carbonyl (C=O) groups excluding carboxylic acids is 1. The van der Waals surface area contributed by atoms with E-state index in [-0.39, 0.29) is 12.6 Å². The Hall–Kier alpha value is -0.830. The number of hydrogen-bond donors (Lipinski definition) is 1. The highest BCUT2D eigenvalue weighted by atomic mass is 16.6. The maximum absolute atomic E-state index is 10.4. The monoisotopic (exact) mass is 128 g/mol. The quantitative estimate of drug-likeness (QED) is 0.499. The van der Waals surface area contributed by atoms with Crippen molar-refractivity contribution in [2.75, 3.05) is 6.61 Å².